The van der Waals surface area contributed by atoms with E-state index in [9.17, 15) is 19.7 Å². The van der Waals surface area contributed by atoms with Crippen LogP contribution in [0.25, 0.3) is 12.2 Å². The fourth-order valence-corrected chi connectivity index (χ4v) is 4.54. The number of ether oxygens (including phenoxy) is 2. The zero-order chi connectivity index (χ0) is 30.3. The number of nitro benzene ring substituents is 1. The van der Waals surface area contributed by atoms with Crippen molar-refractivity contribution in [2.45, 2.75) is 25.9 Å². The summed E-state index contributed by atoms with van der Waals surface area (Å²) in [5, 5.41) is 20.2. The molecule has 0 spiro atoms. The van der Waals surface area contributed by atoms with E-state index in [1.165, 1.54) is 6.07 Å². The highest BCUT2D eigenvalue weighted by atomic mass is 35.5. The van der Waals surface area contributed by atoms with Gasteiger partial charge in [0.2, 0.25) is 0 Å². The quantitative estimate of drug-likeness (QED) is 0.0595. The van der Waals surface area contributed by atoms with Gasteiger partial charge in [-0.25, -0.2) is 4.79 Å². The van der Waals surface area contributed by atoms with Crippen molar-refractivity contribution in [2.24, 2.45) is 0 Å². The SMILES string of the molecule is O=C(O)COc1ccc(/C=C/c2ccc([N+](=O)[O-])c(COC(=O)CCCc3ccc(N(CCCl)CCCl)cc3)c2)cc1. The number of carbonyl (C=O) groups excluding carboxylic acids is 1. The van der Waals surface area contributed by atoms with Crippen molar-refractivity contribution in [3.8, 4) is 5.75 Å². The lowest BCUT2D eigenvalue weighted by Gasteiger charge is -2.23. The third kappa shape index (κ3) is 10.7. The molecule has 0 saturated heterocycles. The average molecular weight is 616 g/mol. The average Bonchev–Trinajstić information content (AvgIpc) is 2.98. The molecule has 3 rings (SSSR count). The highest BCUT2D eigenvalue weighted by Gasteiger charge is 2.16. The summed E-state index contributed by atoms with van der Waals surface area (Å²) < 4.78 is 10.5. The highest BCUT2D eigenvalue weighted by molar-refractivity contribution is 6.18. The molecule has 0 radical (unpaired) electrons. The molecular weight excluding hydrogens is 583 g/mol. The van der Waals surface area contributed by atoms with Crippen molar-refractivity contribution < 1.29 is 29.1 Å². The molecule has 0 heterocycles. The topological polar surface area (TPSA) is 119 Å². The Morgan fingerprint density at radius 2 is 1.57 bits per heavy atom. The number of halogens is 2. The zero-order valence-electron chi connectivity index (χ0n) is 22.9. The first kappa shape index (κ1) is 32.4. The van der Waals surface area contributed by atoms with Crippen LogP contribution in [-0.4, -0.2) is 53.4 Å². The summed E-state index contributed by atoms with van der Waals surface area (Å²) in [7, 11) is 0. The largest absolute Gasteiger partial charge is 0.482 e. The fourth-order valence-electron chi connectivity index (χ4n) is 4.13. The van der Waals surface area contributed by atoms with E-state index in [-0.39, 0.29) is 18.7 Å². The Hall–Kier alpha value is -4.08. The van der Waals surface area contributed by atoms with Gasteiger partial charge in [0.05, 0.1) is 10.5 Å². The molecule has 1 N–H and O–H groups in total. The first-order chi connectivity index (χ1) is 20.3. The van der Waals surface area contributed by atoms with Gasteiger partial charge in [-0.05, 0) is 65.9 Å². The van der Waals surface area contributed by atoms with Gasteiger partial charge in [0, 0.05) is 43.0 Å². The normalized spacial score (nSPS) is 10.9. The maximum Gasteiger partial charge on any atom is 0.341 e. The molecule has 0 amide bonds. The number of aliphatic carboxylic acids is 1. The molecule has 9 nitrogen and oxygen atoms in total. The van der Waals surface area contributed by atoms with Crippen molar-refractivity contribution in [1.29, 1.82) is 0 Å². The number of benzene rings is 3. The molecule has 222 valence electrons. The molecule has 0 aliphatic rings. The van der Waals surface area contributed by atoms with Gasteiger partial charge in [-0.2, -0.15) is 0 Å². The first-order valence-electron chi connectivity index (χ1n) is 13.3. The third-order valence-corrected chi connectivity index (χ3v) is 6.59. The Labute approximate surface area is 254 Å². The van der Waals surface area contributed by atoms with E-state index in [0.29, 0.717) is 54.6 Å². The van der Waals surface area contributed by atoms with Crippen LogP contribution >= 0.6 is 23.2 Å². The lowest BCUT2D eigenvalue weighted by atomic mass is 10.1. The van der Waals surface area contributed by atoms with Crippen molar-refractivity contribution in [1.82, 2.24) is 0 Å². The Morgan fingerprint density at radius 3 is 2.19 bits per heavy atom. The molecule has 42 heavy (non-hydrogen) atoms. The van der Waals surface area contributed by atoms with Gasteiger partial charge >= 0.3 is 11.9 Å². The van der Waals surface area contributed by atoms with E-state index in [2.05, 4.69) is 4.90 Å². The fraction of sp³-hybridized carbons (Fsp3) is 0.290. The van der Waals surface area contributed by atoms with Crippen molar-refractivity contribution >= 4 is 58.7 Å². The van der Waals surface area contributed by atoms with E-state index in [4.69, 9.17) is 37.8 Å². The molecule has 11 heteroatoms. The van der Waals surface area contributed by atoms with Gasteiger partial charge in [-0.1, -0.05) is 36.4 Å². The minimum atomic E-state index is -1.06. The molecule has 0 aromatic heterocycles. The summed E-state index contributed by atoms with van der Waals surface area (Å²) in [6, 6.07) is 19.5. The monoisotopic (exact) mass is 614 g/mol. The predicted molar refractivity (Wildman–Crippen MR) is 164 cm³/mol. The van der Waals surface area contributed by atoms with Gasteiger partial charge in [0.15, 0.2) is 6.61 Å². The van der Waals surface area contributed by atoms with Crippen LogP contribution in [0.1, 0.15) is 35.1 Å². The number of hydrogen-bond donors (Lipinski definition) is 1. The Morgan fingerprint density at radius 1 is 0.929 bits per heavy atom. The number of alkyl halides is 2. The lowest BCUT2D eigenvalue weighted by Crippen LogP contribution is -2.27. The summed E-state index contributed by atoms with van der Waals surface area (Å²) in [6.45, 7) is 0.776. The van der Waals surface area contributed by atoms with Crippen LogP contribution in [0.15, 0.2) is 66.7 Å². The number of carbonyl (C=O) groups is 2. The highest BCUT2D eigenvalue weighted by Crippen LogP contribution is 2.23. The molecule has 3 aromatic rings. The van der Waals surface area contributed by atoms with Gasteiger partial charge in [-0.3, -0.25) is 14.9 Å². The van der Waals surface area contributed by atoms with E-state index >= 15 is 0 Å². The second kappa shape index (κ2) is 17.0. The standard InChI is InChI=1S/C31H32Cl2N2O7/c32-16-18-34(19-17-33)27-11-6-23(7-12-27)2-1-3-31(38)42-21-26-20-25(10-15-29(26)35(39)40)5-4-24-8-13-28(14-9-24)41-22-30(36)37/h4-15,20H,1-3,16-19,21-22H2,(H,36,37)/b5-4+. The molecule has 0 saturated carbocycles. The van der Waals surface area contributed by atoms with E-state index in [0.717, 1.165) is 16.8 Å². The predicted octanol–water partition coefficient (Wildman–Crippen LogP) is 6.58. The smallest absolute Gasteiger partial charge is 0.341 e. The molecule has 0 atom stereocenters. The van der Waals surface area contributed by atoms with Crippen molar-refractivity contribution in [3.05, 3.63) is 99.1 Å². The number of anilines is 1. The maximum absolute atomic E-state index is 12.4. The summed E-state index contributed by atoms with van der Waals surface area (Å²) in [5.74, 6) is -0.0426. The molecule has 0 fully saturated rings. The van der Waals surface area contributed by atoms with Gasteiger partial charge in [0.1, 0.15) is 12.4 Å². The summed E-state index contributed by atoms with van der Waals surface area (Å²) in [4.78, 5) is 36.2. The number of carboxylic acid groups (broad SMARTS) is 1. The van der Waals surface area contributed by atoms with Crippen LogP contribution < -0.4 is 9.64 Å². The van der Waals surface area contributed by atoms with Crippen molar-refractivity contribution in [2.75, 3.05) is 36.4 Å². The number of nitrogens with zero attached hydrogens (tertiary/aromatic N) is 2. The van der Waals surface area contributed by atoms with Crippen LogP contribution in [0.4, 0.5) is 11.4 Å². The summed E-state index contributed by atoms with van der Waals surface area (Å²) in [5.41, 5.74) is 3.80. The van der Waals surface area contributed by atoms with E-state index < -0.39 is 23.5 Å². The Kier molecular flexibility index (Phi) is 13.1. The number of hydrogen-bond acceptors (Lipinski definition) is 7. The molecule has 3 aromatic carbocycles. The van der Waals surface area contributed by atoms with Crippen LogP contribution in [-0.2, 0) is 27.4 Å². The molecule has 0 aliphatic heterocycles. The molecular formula is C31H32Cl2N2O7. The maximum atomic E-state index is 12.4. The van der Waals surface area contributed by atoms with Gasteiger partial charge in [0.25, 0.3) is 5.69 Å². The van der Waals surface area contributed by atoms with E-state index in [1.807, 2.05) is 24.3 Å². The van der Waals surface area contributed by atoms with Gasteiger partial charge < -0.3 is 19.5 Å². The Bertz CT molecular complexity index is 1360. The number of nitro groups is 1. The summed E-state index contributed by atoms with van der Waals surface area (Å²) >= 11 is 11.8. The number of rotatable bonds is 17. The number of esters is 1. The van der Waals surface area contributed by atoms with Gasteiger partial charge in [-0.15, -0.1) is 23.2 Å². The van der Waals surface area contributed by atoms with Crippen LogP contribution in [0, 0.1) is 10.1 Å². The number of carboxylic acids is 1. The first-order valence-corrected chi connectivity index (χ1v) is 14.4. The molecule has 0 bridgehead atoms. The summed E-state index contributed by atoms with van der Waals surface area (Å²) in [6.07, 6.45) is 5.03. The lowest BCUT2D eigenvalue weighted by molar-refractivity contribution is -0.385. The Balaban J connectivity index is 1.53. The minimum absolute atomic E-state index is 0.127. The number of aryl methyl sites for hydroxylation is 1. The van der Waals surface area contributed by atoms with Crippen LogP contribution in [0.5, 0.6) is 5.75 Å². The van der Waals surface area contributed by atoms with Crippen LogP contribution in [0.3, 0.4) is 0 Å². The van der Waals surface area contributed by atoms with E-state index in [1.54, 1.807) is 48.6 Å². The van der Waals surface area contributed by atoms with Crippen LogP contribution in [0.2, 0.25) is 0 Å². The zero-order valence-corrected chi connectivity index (χ0v) is 24.4. The molecule has 0 aliphatic carbocycles. The molecule has 0 unspecified atom stereocenters. The second-order valence-electron chi connectivity index (χ2n) is 9.28. The van der Waals surface area contributed by atoms with Crippen molar-refractivity contribution in [3.63, 3.8) is 0 Å². The third-order valence-electron chi connectivity index (χ3n) is 6.26. The minimum Gasteiger partial charge on any atom is -0.482 e. The second-order valence-corrected chi connectivity index (χ2v) is 10.0.